The zero-order chi connectivity index (χ0) is 16.9. The number of urea groups is 1. The first kappa shape index (κ1) is 17.4. The Morgan fingerprint density at radius 3 is 3.08 bits per heavy atom. The lowest BCUT2D eigenvalue weighted by molar-refractivity contribution is 0.161. The van der Waals surface area contributed by atoms with Gasteiger partial charge in [0.25, 0.3) is 0 Å². The maximum absolute atomic E-state index is 12.2. The number of piperidine rings is 1. The summed E-state index contributed by atoms with van der Waals surface area (Å²) in [6, 6.07) is 6.09. The number of benzene rings is 1. The van der Waals surface area contributed by atoms with E-state index < -0.39 is 0 Å². The van der Waals surface area contributed by atoms with E-state index in [1.807, 2.05) is 18.2 Å². The largest absolute Gasteiger partial charge is 0.492 e. The van der Waals surface area contributed by atoms with Crippen LogP contribution in [0.4, 0.5) is 4.79 Å². The topological polar surface area (TPSA) is 53.6 Å². The molecule has 2 unspecified atom stereocenters. The smallest absolute Gasteiger partial charge is 0.315 e. The molecular formula is C18H26ClN3O2. The second kappa shape index (κ2) is 8.08. The molecule has 2 N–H and O–H groups in total. The van der Waals surface area contributed by atoms with Gasteiger partial charge in [-0.05, 0) is 32.4 Å². The van der Waals surface area contributed by atoms with Crippen molar-refractivity contribution in [3.63, 3.8) is 0 Å². The number of nitrogens with zero attached hydrogens (tertiary/aromatic N) is 1. The van der Waals surface area contributed by atoms with E-state index in [1.165, 1.54) is 19.3 Å². The van der Waals surface area contributed by atoms with Crippen LogP contribution < -0.4 is 15.4 Å². The van der Waals surface area contributed by atoms with E-state index in [4.69, 9.17) is 16.3 Å². The number of para-hydroxylation sites is 1. The summed E-state index contributed by atoms with van der Waals surface area (Å²) in [6.07, 6.45) is 4.59. The minimum atomic E-state index is -0.127. The summed E-state index contributed by atoms with van der Waals surface area (Å²) in [4.78, 5) is 14.7. The molecule has 2 atom stereocenters. The fraction of sp³-hybridized carbons (Fsp3) is 0.611. The van der Waals surface area contributed by atoms with Crippen molar-refractivity contribution in [3.8, 4) is 5.75 Å². The van der Waals surface area contributed by atoms with Crippen LogP contribution in [0, 0.1) is 0 Å². The van der Waals surface area contributed by atoms with Crippen LogP contribution in [-0.4, -0.2) is 43.2 Å². The third kappa shape index (κ3) is 4.14. The first-order valence-corrected chi connectivity index (χ1v) is 9.22. The third-order valence-corrected chi connectivity index (χ3v) is 5.25. The first-order chi connectivity index (χ1) is 11.6. The molecule has 6 heteroatoms. The number of carbonyl (C=O) groups is 1. The van der Waals surface area contributed by atoms with Crippen molar-refractivity contribution < 1.29 is 9.53 Å². The number of hydrogen-bond donors (Lipinski definition) is 2. The van der Waals surface area contributed by atoms with Crippen LogP contribution in [0.15, 0.2) is 18.2 Å². The number of fused-ring (bicyclic) bond motifs is 1. The van der Waals surface area contributed by atoms with Crippen molar-refractivity contribution in [2.45, 2.75) is 44.7 Å². The summed E-state index contributed by atoms with van der Waals surface area (Å²) in [7, 11) is 0. The van der Waals surface area contributed by atoms with Crippen LogP contribution in [0.25, 0.3) is 0 Å². The number of amides is 2. The Balaban J connectivity index is 1.48. The van der Waals surface area contributed by atoms with E-state index >= 15 is 0 Å². The Labute approximate surface area is 148 Å². The van der Waals surface area contributed by atoms with Gasteiger partial charge < -0.3 is 15.4 Å². The van der Waals surface area contributed by atoms with Gasteiger partial charge in [-0.2, -0.15) is 0 Å². The predicted molar refractivity (Wildman–Crippen MR) is 95.7 cm³/mol. The monoisotopic (exact) mass is 351 g/mol. The average molecular weight is 352 g/mol. The lowest BCUT2D eigenvalue weighted by Crippen LogP contribution is -2.45. The lowest BCUT2D eigenvalue weighted by Gasteiger charge is -2.33. The summed E-state index contributed by atoms with van der Waals surface area (Å²) in [5.41, 5.74) is 0.952. The maximum atomic E-state index is 12.2. The van der Waals surface area contributed by atoms with Crippen LogP contribution in [-0.2, 0) is 0 Å². The van der Waals surface area contributed by atoms with Gasteiger partial charge in [-0.3, -0.25) is 4.90 Å². The molecule has 132 valence electrons. The molecule has 0 bridgehead atoms. The molecule has 2 aliphatic rings. The normalized spacial score (nSPS) is 23.9. The number of hydrogen-bond acceptors (Lipinski definition) is 3. The molecule has 1 aromatic rings. The van der Waals surface area contributed by atoms with Gasteiger partial charge in [-0.1, -0.05) is 30.2 Å². The van der Waals surface area contributed by atoms with Crippen LogP contribution in [0.1, 0.15) is 44.2 Å². The second-order valence-electron chi connectivity index (χ2n) is 6.63. The summed E-state index contributed by atoms with van der Waals surface area (Å²) < 4.78 is 5.63. The molecule has 5 nitrogen and oxygen atoms in total. The van der Waals surface area contributed by atoms with Gasteiger partial charge in [0.05, 0.1) is 17.7 Å². The van der Waals surface area contributed by atoms with Crippen LogP contribution in [0.2, 0.25) is 5.02 Å². The SMILES string of the molecule is CC1CCCCN1CCNC(=O)NC1CCOc2c(Cl)cccc21. The van der Waals surface area contributed by atoms with Crippen LogP contribution >= 0.6 is 11.6 Å². The van der Waals surface area contributed by atoms with Crippen molar-refractivity contribution in [3.05, 3.63) is 28.8 Å². The highest BCUT2D eigenvalue weighted by molar-refractivity contribution is 6.32. The number of carbonyl (C=O) groups excluding carboxylic acids is 1. The summed E-state index contributed by atoms with van der Waals surface area (Å²) in [6.45, 7) is 5.54. The highest BCUT2D eigenvalue weighted by atomic mass is 35.5. The van der Waals surface area contributed by atoms with Gasteiger partial charge >= 0.3 is 6.03 Å². The molecule has 1 fully saturated rings. The lowest BCUT2D eigenvalue weighted by atomic mass is 10.0. The van der Waals surface area contributed by atoms with Gasteiger partial charge in [0.1, 0.15) is 5.75 Å². The molecule has 1 aromatic carbocycles. The van der Waals surface area contributed by atoms with E-state index in [9.17, 15) is 4.79 Å². The minimum absolute atomic E-state index is 0.0543. The zero-order valence-corrected chi connectivity index (χ0v) is 14.9. The quantitative estimate of drug-likeness (QED) is 0.874. The Bertz CT molecular complexity index is 581. The van der Waals surface area contributed by atoms with E-state index in [1.54, 1.807) is 0 Å². The standard InChI is InChI=1S/C18H26ClN3O2/c1-13-5-2-3-10-22(13)11-9-20-18(23)21-16-8-12-24-17-14(16)6-4-7-15(17)19/h4,6-7,13,16H,2-3,5,8-12H2,1H3,(H2,20,21,23). The van der Waals surface area contributed by atoms with Crippen molar-refractivity contribution in [1.29, 1.82) is 0 Å². The summed E-state index contributed by atoms with van der Waals surface area (Å²) >= 11 is 6.17. The minimum Gasteiger partial charge on any atom is -0.492 e. The Morgan fingerprint density at radius 2 is 2.25 bits per heavy atom. The highest BCUT2D eigenvalue weighted by Gasteiger charge is 2.24. The molecule has 3 rings (SSSR count). The summed E-state index contributed by atoms with van der Waals surface area (Å²) in [5.74, 6) is 0.692. The Morgan fingerprint density at radius 1 is 1.38 bits per heavy atom. The fourth-order valence-electron chi connectivity index (χ4n) is 3.55. The number of likely N-dealkylation sites (tertiary alicyclic amines) is 1. The van der Waals surface area contributed by atoms with Gasteiger partial charge in [0, 0.05) is 31.1 Å². The summed E-state index contributed by atoms with van der Waals surface area (Å²) in [5, 5.41) is 6.62. The number of ether oxygens (including phenoxy) is 1. The third-order valence-electron chi connectivity index (χ3n) is 4.96. The van der Waals surface area contributed by atoms with Crippen LogP contribution in [0.3, 0.4) is 0 Å². The molecule has 0 aliphatic carbocycles. The molecule has 0 aromatic heterocycles. The Hall–Kier alpha value is -1.46. The van der Waals surface area contributed by atoms with Gasteiger partial charge in [-0.25, -0.2) is 4.79 Å². The van der Waals surface area contributed by atoms with Crippen LogP contribution in [0.5, 0.6) is 5.75 Å². The molecule has 1 saturated heterocycles. The Kier molecular flexibility index (Phi) is 5.85. The molecule has 0 spiro atoms. The molecular weight excluding hydrogens is 326 g/mol. The molecule has 24 heavy (non-hydrogen) atoms. The van der Waals surface area contributed by atoms with Gasteiger partial charge in [0.2, 0.25) is 0 Å². The second-order valence-corrected chi connectivity index (χ2v) is 7.04. The molecule has 2 aliphatic heterocycles. The van der Waals surface area contributed by atoms with E-state index in [2.05, 4.69) is 22.5 Å². The highest BCUT2D eigenvalue weighted by Crippen LogP contribution is 2.37. The predicted octanol–water partition coefficient (Wildman–Crippen LogP) is 3.34. The first-order valence-electron chi connectivity index (χ1n) is 8.85. The number of rotatable bonds is 4. The molecule has 2 heterocycles. The maximum Gasteiger partial charge on any atom is 0.315 e. The number of nitrogens with one attached hydrogen (secondary N) is 2. The van der Waals surface area contributed by atoms with Gasteiger partial charge in [0.15, 0.2) is 0 Å². The molecule has 0 radical (unpaired) electrons. The van der Waals surface area contributed by atoms with Gasteiger partial charge in [-0.15, -0.1) is 0 Å². The molecule has 0 saturated carbocycles. The van der Waals surface area contributed by atoms with E-state index in [-0.39, 0.29) is 12.1 Å². The molecule has 2 amide bonds. The van der Waals surface area contributed by atoms with Crippen molar-refractivity contribution in [2.24, 2.45) is 0 Å². The van der Waals surface area contributed by atoms with E-state index in [0.717, 1.165) is 25.1 Å². The van der Waals surface area contributed by atoms with E-state index in [0.29, 0.717) is 30.0 Å². The zero-order valence-electron chi connectivity index (χ0n) is 14.2. The fourth-order valence-corrected chi connectivity index (χ4v) is 3.78. The number of halogens is 1. The van der Waals surface area contributed by atoms with Crippen molar-refractivity contribution in [2.75, 3.05) is 26.2 Å². The average Bonchev–Trinajstić information content (AvgIpc) is 2.58. The van der Waals surface area contributed by atoms with Crippen molar-refractivity contribution >= 4 is 17.6 Å². The van der Waals surface area contributed by atoms with Crippen molar-refractivity contribution in [1.82, 2.24) is 15.5 Å².